The van der Waals surface area contributed by atoms with Crippen molar-refractivity contribution in [2.45, 2.75) is 35.9 Å². The van der Waals surface area contributed by atoms with Gasteiger partial charge in [-0.2, -0.15) is 0 Å². The second-order valence-corrected chi connectivity index (χ2v) is 8.98. The Bertz CT molecular complexity index is 831. The summed E-state index contributed by atoms with van der Waals surface area (Å²) in [5, 5.41) is 4.48. The van der Waals surface area contributed by atoms with Gasteiger partial charge in [-0.05, 0) is 36.4 Å². The number of nitrogens with zero attached hydrogens (tertiary/aromatic N) is 1. The van der Waals surface area contributed by atoms with Crippen LogP contribution in [0.4, 0.5) is 10.1 Å². The molecule has 134 valence electrons. The van der Waals surface area contributed by atoms with E-state index in [1.807, 2.05) is 0 Å². The zero-order valence-corrected chi connectivity index (χ0v) is 15.2. The molecule has 8 heteroatoms. The number of anilines is 1. The molecule has 1 saturated carbocycles. The lowest BCUT2D eigenvalue weighted by molar-refractivity contribution is -0.120. The Morgan fingerprint density at radius 1 is 1.20 bits per heavy atom. The molecule has 2 aromatic rings. The number of halogens is 1. The molecular weight excluding hydrogens is 363 g/mol. The van der Waals surface area contributed by atoms with E-state index in [0.29, 0.717) is 0 Å². The van der Waals surface area contributed by atoms with Crippen LogP contribution in [0.25, 0.3) is 0 Å². The van der Waals surface area contributed by atoms with Crippen molar-refractivity contribution in [2.24, 2.45) is 0 Å². The fraction of sp³-hybridized carbons (Fsp3) is 0.353. The van der Waals surface area contributed by atoms with Gasteiger partial charge in [-0.15, -0.1) is 11.3 Å². The molecule has 0 unspecified atom stereocenters. The largest absolute Gasteiger partial charge is 0.352 e. The number of sulfonamides is 1. The van der Waals surface area contributed by atoms with E-state index in [2.05, 4.69) is 5.32 Å². The summed E-state index contributed by atoms with van der Waals surface area (Å²) in [4.78, 5) is 12.4. The molecule has 1 aliphatic rings. The summed E-state index contributed by atoms with van der Waals surface area (Å²) in [6, 6.07) is 8.69. The van der Waals surface area contributed by atoms with Crippen LogP contribution in [-0.4, -0.2) is 26.9 Å². The van der Waals surface area contributed by atoms with Crippen molar-refractivity contribution in [2.75, 3.05) is 10.8 Å². The minimum atomic E-state index is -4.01. The summed E-state index contributed by atoms with van der Waals surface area (Å²) >= 11 is 1.03. The van der Waals surface area contributed by atoms with Crippen LogP contribution >= 0.6 is 11.3 Å². The van der Waals surface area contributed by atoms with E-state index in [0.717, 1.165) is 41.3 Å². The Balaban J connectivity index is 1.89. The minimum absolute atomic E-state index is 0.0689. The van der Waals surface area contributed by atoms with Gasteiger partial charge >= 0.3 is 0 Å². The Morgan fingerprint density at radius 3 is 2.56 bits per heavy atom. The predicted octanol–water partition coefficient (Wildman–Crippen LogP) is 3.14. The molecule has 1 aromatic heterocycles. The number of carbonyl (C=O) groups is 1. The van der Waals surface area contributed by atoms with E-state index in [1.165, 1.54) is 24.3 Å². The van der Waals surface area contributed by atoms with E-state index in [1.54, 1.807) is 17.5 Å². The average Bonchev–Trinajstić information content (AvgIpc) is 3.27. The monoisotopic (exact) mass is 382 g/mol. The highest BCUT2D eigenvalue weighted by molar-refractivity contribution is 7.94. The first-order valence-electron chi connectivity index (χ1n) is 8.08. The SMILES string of the molecule is O=C(CN(c1ccccc1F)S(=O)(=O)c1cccs1)NC1CCCC1. The fourth-order valence-electron chi connectivity index (χ4n) is 2.95. The first-order valence-corrected chi connectivity index (χ1v) is 10.4. The molecule has 1 fully saturated rings. The van der Waals surface area contributed by atoms with E-state index in [-0.39, 0.29) is 15.9 Å². The molecule has 3 rings (SSSR count). The number of hydrogen-bond acceptors (Lipinski definition) is 4. The molecule has 0 radical (unpaired) electrons. The van der Waals surface area contributed by atoms with E-state index in [9.17, 15) is 17.6 Å². The second-order valence-electron chi connectivity index (χ2n) is 5.94. The van der Waals surface area contributed by atoms with Gasteiger partial charge < -0.3 is 5.32 Å². The molecule has 5 nitrogen and oxygen atoms in total. The van der Waals surface area contributed by atoms with Gasteiger partial charge in [0.1, 0.15) is 16.6 Å². The molecule has 1 amide bonds. The highest BCUT2D eigenvalue weighted by Crippen LogP contribution is 2.28. The number of para-hydroxylation sites is 1. The molecule has 0 saturated heterocycles. The van der Waals surface area contributed by atoms with Gasteiger partial charge in [0.15, 0.2) is 0 Å². The van der Waals surface area contributed by atoms with Crippen molar-refractivity contribution >= 4 is 33.0 Å². The average molecular weight is 382 g/mol. The molecule has 0 aliphatic heterocycles. The van der Waals surface area contributed by atoms with Crippen molar-refractivity contribution in [1.82, 2.24) is 5.32 Å². The topological polar surface area (TPSA) is 66.5 Å². The van der Waals surface area contributed by atoms with Crippen LogP contribution < -0.4 is 9.62 Å². The Hall–Kier alpha value is -1.93. The van der Waals surface area contributed by atoms with Crippen LogP contribution in [-0.2, 0) is 14.8 Å². The molecule has 0 spiro atoms. The molecule has 1 aliphatic carbocycles. The van der Waals surface area contributed by atoms with Crippen molar-refractivity contribution < 1.29 is 17.6 Å². The van der Waals surface area contributed by atoms with E-state index >= 15 is 0 Å². The number of nitrogens with one attached hydrogen (secondary N) is 1. The molecule has 1 heterocycles. The lowest BCUT2D eigenvalue weighted by Gasteiger charge is -2.24. The van der Waals surface area contributed by atoms with Gasteiger partial charge in [-0.1, -0.05) is 31.0 Å². The number of rotatable bonds is 6. The van der Waals surface area contributed by atoms with Crippen LogP contribution in [0.3, 0.4) is 0 Å². The maximum Gasteiger partial charge on any atom is 0.274 e. The molecule has 1 aromatic carbocycles. The summed E-state index contributed by atoms with van der Waals surface area (Å²) in [5.41, 5.74) is -0.127. The third-order valence-corrected chi connectivity index (χ3v) is 7.30. The van der Waals surface area contributed by atoms with Crippen molar-refractivity contribution in [3.63, 3.8) is 0 Å². The van der Waals surface area contributed by atoms with Gasteiger partial charge in [0, 0.05) is 6.04 Å². The van der Waals surface area contributed by atoms with Crippen LogP contribution in [0, 0.1) is 5.82 Å². The molecule has 1 N–H and O–H groups in total. The zero-order valence-electron chi connectivity index (χ0n) is 13.5. The van der Waals surface area contributed by atoms with Crippen LogP contribution in [0.2, 0.25) is 0 Å². The van der Waals surface area contributed by atoms with Gasteiger partial charge in [-0.25, -0.2) is 12.8 Å². The molecule has 0 bridgehead atoms. The summed E-state index contributed by atoms with van der Waals surface area (Å²) in [7, 11) is -4.01. The second kappa shape index (κ2) is 7.53. The highest BCUT2D eigenvalue weighted by atomic mass is 32.2. The number of amides is 1. The van der Waals surface area contributed by atoms with Gasteiger partial charge in [-0.3, -0.25) is 9.10 Å². The van der Waals surface area contributed by atoms with Gasteiger partial charge in [0.2, 0.25) is 5.91 Å². The number of benzene rings is 1. The number of hydrogen-bond donors (Lipinski definition) is 1. The molecular formula is C17H19FN2O3S2. The Morgan fingerprint density at radius 2 is 1.92 bits per heavy atom. The smallest absolute Gasteiger partial charge is 0.274 e. The van der Waals surface area contributed by atoms with Crippen molar-refractivity contribution in [1.29, 1.82) is 0 Å². The summed E-state index contributed by atoms with van der Waals surface area (Å²) in [6.45, 7) is -0.447. The van der Waals surface area contributed by atoms with Gasteiger partial charge in [0.25, 0.3) is 10.0 Å². The summed E-state index contributed by atoms with van der Waals surface area (Å²) in [5.74, 6) is -1.11. The Labute approximate surface area is 150 Å². The van der Waals surface area contributed by atoms with Crippen LogP contribution in [0.5, 0.6) is 0 Å². The lowest BCUT2D eigenvalue weighted by atomic mass is 10.2. The third kappa shape index (κ3) is 4.01. The maximum atomic E-state index is 14.2. The summed E-state index contributed by atoms with van der Waals surface area (Å²) in [6.07, 6.45) is 3.89. The first-order chi connectivity index (χ1) is 12.0. The maximum absolute atomic E-state index is 14.2. The predicted molar refractivity (Wildman–Crippen MR) is 95.6 cm³/mol. The third-order valence-electron chi connectivity index (χ3n) is 4.17. The fourth-order valence-corrected chi connectivity index (χ4v) is 5.48. The van der Waals surface area contributed by atoms with E-state index < -0.39 is 28.3 Å². The standard InChI is InChI=1S/C17H19FN2O3S2/c18-14-8-3-4-9-15(14)20(25(22,23)17-10-5-11-24-17)12-16(21)19-13-6-1-2-7-13/h3-5,8-11,13H,1-2,6-7,12H2,(H,19,21). The van der Waals surface area contributed by atoms with Crippen molar-refractivity contribution in [3.8, 4) is 0 Å². The van der Waals surface area contributed by atoms with Crippen LogP contribution in [0.1, 0.15) is 25.7 Å². The summed E-state index contributed by atoms with van der Waals surface area (Å²) < 4.78 is 41.0. The minimum Gasteiger partial charge on any atom is -0.352 e. The Kier molecular flexibility index (Phi) is 5.39. The molecule has 25 heavy (non-hydrogen) atoms. The highest BCUT2D eigenvalue weighted by Gasteiger charge is 2.30. The van der Waals surface area contributed by atoms with Crippen LogP contribution in [0.15, 0.2) is 46.0 Å². The quantitative estimate of drug-likeness (QED) is 0.835. The molecule has 0 atom stereocenters. The first kappa shape index (κ1) is 17.9. The lowest BCUT2D eigenvalue weighted by Crippen LogP contribution is -2.43. The normalized spacial score (nSPS) is 15.2. The van der Waals surface area contributed by atoms with Crippen molar-refractivity contribution in [3.05, 3.63) is 47.6 Å². The van der Waals surface area contributed by atoms with Gasteiger partial charge in [0.05, 0.1) is 5.69 Å². The number of carbonyl (C=O) groups excluding carboxylic acids is 1. The zero-order chi connectivity index (χ0) is 17.9. The number of thiophene rings is 1. The van der Waals surface area contributed by atoms with E-state index in [4.69, 9.17) is 0 Å².